The second-order valence-electron chi connectivity index (χ2n) is 8.31. The number of pyridine rings is 2. The molecule has 0 atom stereocenters. The van der Waals surface area contributed by atoms with Crippen LogP contribution in [0.2, 0.25) is 0 Å². The van der Waals surface area contributed by atoms with Crippen molar-refractivity contribution in [2.75, 3.05) is 43.1 Å². The van der Waals surface area contributed by atoms with E-state index in [1.165, 1.54) is 5.56 Å². The minimum atomic E-state index is 0.216. The Morgan fingerprint density at radius 2 is 2.00 bits per heavy atom. The number of aromatic nitrogens is 4. The molecule has 174 valence electrons. The number of phenols is 1. The lowest BCUT2D eigenvalue weighted by Crippen LogP contribution is -2.34. The van der Waals surface area contributed by atoms with Gasteiger partial charge in [-0.05, 0) is 50.4 Å². The number of fused-ring (bicyclic) bond motifs is 2. The minimum absolute atomic E-state index is 0.216. The van der Waals surface area contributed by atoms with E-state index in [4.69, 9.17) is 9.97 Å². The maximum Gasteiger partial charge on any atom is 0.160 e. The summed E-state index contributed by atoms with van der Waals surface area (Å²) in [5, 5.41) is 20.8. The van der Waals surface area contributed by atoms with Gasteiger partial charge in [0.25, 0.3) is 0 Å². The lowest BCUT2D eigenvalue weighted by molar-refractivity contribution is 0.474. The number of phenolic OH excluding ortho intramolecular Hbond substituents is 1. The Balaban J connectivity index is 1.74. The van der Waals surface area contributed by atoms with E-state index in [1.807, 2.05) is 50.3 Å². The summed E-state index contributed by atoms with van der Waals surface area (Å²) < 4.78 is 1.76. The molecule has 0 aliphatic heterocycles. The van der Waals surface area contributed by atoms with Crippen LogP contribution in [0.15, 0.2) is 30.6 Å². The van der Waals surface area contributed by atoms with Gasteiger partial charge in [0.1, 0.15) is 5.75 Å². The van der Waals surface area contributed by atoms with Crippen molar-refractivity contribution in [2.24, 2.45) is 7.05 Å². The van der Waals surface area contributed by atoms with Gasteiger partial charge < -0.3 is 15.3 Å². The molecular weight excluding hydrogens is 432 g/mol. The van der Waals surface area contributed by atoms with Crippen LogP contribution in [0.1, 0.15) is 18.1 Å². The monoisotopic (exact) mass is 464 g/mol. The molecule has 2 N–H and O–H groups in total. The molecule has 33 heavy (non-hydrogen) atoms. The third-order valence-corrected chi connectivity index (χ3v) is 6.68. The number of rotatable bonds is 9. The molecule has 0 spiro atoms. The zero-order chi connectivity index (χ0) is 23.5. The second kappa shape index (κ2) is 9.97. The highest BCUT2D eigenvalue weighted by Gasteiger charge is 2.17. The number of aryl methyl sites for hydroxylation is 3. The standard InChI is InChI=1S/C25H32N6OS/c1-6-26-9-10-31(11-12-33-5)22-14-27-25-19(16(22)2)7-8-21(28-25)20-13-18-15-30(4)29-23(18)17(3)24(20)32/h7-8,13-15,26,32H,6,9-12H2,1-5H3. The summed E-state index contributed by atoms with van der Waals surface area (Å²) in [6, 6.07) is 6.00. The number of thioether (sulfide) groups is 1. The molecule has 3 heterocycles. The first kappa shape index (κ1) is 23.3. The largest absolute Gasteiger partial charge is 0.507 e. The van der Waals surface area contributed by atoms with Crippen molar-refractivity contribution in [1.29, 1.82) is 0 Å². The molecule has 8 heteroatoms. The molecule has 0 fully saturated rings. The number of likely N-dealkylation sites (N-methyl/N-ethyl adjacent to an activating group) is 1. The zero-order valence-corrected chi connectivity index (χ0v) is 20.8. The van der Waals surface area contributed by atoms with Gasteiger partial charge in [-0.1, -0.05) is 6.92 Å². The quantitative estimate of drug-likeness (QED) is 0.358. The lowest BCUT2D eigenvalue weighted by atomic mass is 10.0. The van der Waals surface area contributed by atoms with Gasteiger partial charge in [0.05, 0.1) is 23.1 Å². The van der Waals surface area contributed by atoms with Crippen LogP contribution >= 0.6 is 11.8 Å². The first-order valence-corrected chi connectivity index (χ1v) is 12.7. The van der Waals surface area contributed by atoms with E-state index in [9.17, 15) is 5.11 Å². The number of nitrogens with one attached hydrogen (secondary N) is 1. The summed E-state index contributed by atoms with van der Waals surface area (Å²) in [4.78, 5) is 12.0. The Hall–Kier alpha value is -2.84. The summed E-state index contributed by atoms with van der Waals surface area (Å²) in [5.74, 6) is 1.28. The Morgan fingerprint density at radius 3 is 2.76 bits per heavy atom. The highest BCUT2D eigenvalue weighted by atomic mass is 32.2. The fourth-order valence-corrected chi connectivity index (χ4v) is 4.65. The molecule has 1 aromatic carbocycles. The summed E-state index contributed by atoms with van der Waals surface area (Å²) in [6.07, 6.45) is 6.03. The van der Waals surface area contributed by atoms with Crippen LogP contribution in [0.25, 0.3) is 33.2 Å². The van der Waals surface area contributed by atoms with Crippen molar-refractivity contribution in [1.82, 2.24) is 25.1 Å². The van der Waals surface area contributed by atoms with E-state index in [2.05, 4.69) is 41.5 Å². The van der Waals surface area contributed by atoms with E-state index in [0.717, 1.165) is 59.5 Å². The summed E-state index contributed by atoms with van der Waals surface area (Å²) >= 11 is 1.85. The first-order chi connectivity index (χ1) is 15.9. The van der Waals surface area contributed by atoms with Crippen LogP contribution < -0.4 is 10.2 Å². The zero-order valence-electron chi connectivity index (χ0n) is 20.0. The van der Waals surface area contributed by atoms with Crippen LogP contribution in [0.3, 0.4) is 0 Å². The Kier molecular flexibility index (Phi) is 7.05. The normalized spacial score (nSPS) is 11.5. The van der Waals surface area contributed by atoms with Crippen molar-refractivity contribution < 1.29 is 5.11 Å². The average Bonchev–Trinajstić information content (AvgIpc) is 3.19. The van der Waals surface area contributed by atoms with Crippen molar-refractivity contribution in [3.63, 3.8) is 0 Å². The van der Waals surface area contributed by atoms with Crippen molar-refractivity contribution >= 4 is 39.4 Å². The number of benzene rings is 1. The third kappa shape index (κ3) is 4.63. The molecule has 0 aliphatic carbocycles. The van der Waals surface area contributed by atoms with Crippen LogP contribution in [0, 0.1) is 13.8 Å². The van der Waals surface area contributed by atoms with Gasteiger partial charge in [0.2, 0.25) is 0 Å². The van der Waals surface area contributed by atoms with Crippen LogP contribution in [-0.4, -0.2) is 63.0 Å². The number of hydrogen-bond donors (Lipinski definition) is 2. The Morgan fingerprint density at radius 1 is 1.18 bits per heavy atom. The number of anilines is 1. The molecule has 0 saturated carbocycles. The molecule has 4 rings (SSSR count). The molecule has 0 unspecified atom stereocenters. The molecular formula is C25H32N6OS. The fourth-order valence-electron chi connectivity index (χ4n) is 4.25. The predicted octanol–water partition coefficient (Wildman–Crippen LogP) is 4.28. The average molecular weight is 465 g/mol. The fraction of sp³-hybridized carbons (Fsp3) is 0.400. The first-order valence-electron chi connectivity index (χ1n) is 11.3. The third-order valence-electron chi connectivity index (χ3n) is 6.09. The van der Waals surface area contributed by atoms with Gasteiger partial charge in [0, 0.05) is 60.5 Å². The minimum Gasteiger partial charge on any atom is -0.507 e. The smallest absolute Gasteiger partial charge is 0.160 e. The van der Waals surface area contributed by atoms with Gasteiger partial charge in [0.15, 0.2) is 5.65 Å². The molecule has 0 bridgehead atoms. The van der Waals surface area contributed by atoms with E-state index >= 15 is 0 Å². The highest BCUT2D eigenvalue weighted by Crippen LogP contribution is 2.37. The second-order valence-corrected chi connectivity index (χ2v) is 9.29. The van der Waals surface area contributed by atoms with Crippen molar-refractivity contribution in [2.45, 2.75) is 20.8 Å². The highest BCUT2D eigenvalue weighted by molar-refractivity contribution is 7.98. The maximum absolute atomic E-state index is 10.9. The predicted molar refractivity (Wildman–Crippen MR) is 140 cm³/mol. The van der Waals surface area contributed by atoms with E-state index in [1.54, 1.807) is 4.68 Å². The number of hydrogen-bond acceptors (Lipinski definition) is 7. The molecule has 4 aromatic rings. The summed E-state index contributed by atoms with van der Waals surface area (Å²) in [7, 11) is 1.88. The molecule has 0 radical (unpaired) electrons. The van der Waals surface area contributed by atoms with Gasteiger partial charge in [-0.3, -0.25) is 4.68 Å². The molecule has 3 aromatic heterocycles. The summed E-state index contributed by atoms with van der Waals surface area (Å²) in [5.41, 5.74) is 5.99. The van der Waals surface area contributed by atoms with Gasteiger partial charge in [-0.2, -0.15) is 16.9 Å². The van der Waals surface area contributed by atoms with Crippen LogP contribution in [0.4, 0.5) is 5.69 Å². The Labute approximate surface area is 199 Å². The number of aromatic hydroxyl groups is 1. The van der Waals surface area contributed by atoms with Gasteiger partial charge in [-0.25, -0.2) is 9.97 Å². The number of nitrogens with zero attached hydrogens (tertiary/aromatic N) is 5. The van der Waals surface area contributed by atoms with E-state index < -0.39 is 0 Å². The van der Waals surface area contributed by atoms with Crippen LogP contribution in [0.5, 0.6) is 5.75 Å². The van der Waals surface area contributed by atoms with Gasteiger partial charge >= 0.3 is 0 Å². The van der Waals surface area contributed by atoms with Crippen LogP contribution in [-0.2, 0) is 7.05 Å². The molecule has 0 amide bonds. The Bertz CT molecular complexity index is 1290. The molecule has 0 aliphatic rings. The lowest BCUT2D eigenvalue weighted by Gasteiger charge is -2.26. The maximum atomic E-state index is 10.9. The van der Waals surface area contributed by atoms with Gasteiger partial charge in [-0.15, -0.1) is 0 Å². The molecule has 0 saturated heterocycles. The SMILES string of the molecule is CCNCCN(CCSC)c1cnc2nc(-c3cc4cn(C)nc4c(C)c3O)ccc2c1C. The topological polar surface area (TPSA) is 79.1 Å². The molecule has 7 nitrogen and oxygen atoms in total. The summed E-state index contributed by atoms with van der Waals surface area (Å²) in [6.45, 7) is 9.98. The van der Waals surface area contributed by atoms with E-state index in [-0.39, 0.29) is 5.75 Å². The van der Waals surface area contributed by atoms with E-state index in [0.29, 0.717) is 16.9 Å². The van der Waals surface area contributed by atoms with Crippen molar-refractivity contribution in [3.8, 4) is 17.0 Å². The van der Waals surface area contributed by atoms with Crippen molar-refractivity contribution in [3.05, 3.63) is 41.7 Å².